The van der Waals surface area contributed by atoms with Gasteiger partial charge in [-0.15, -0.1) is 0 Å². The molecular weight excluding hydrogens is 186 g/mol. The first kappa shape index (κ1) is 10.8. The Labute approximate surface area is 81.3 Å². The van der Waals surface area contributed by atoms with Crippen molar-refractivity contribution in [3.63, 3.8) is 0 Å². The van der Waals surface area contributed by atoms with E-state index in [4.69, 9.17) is 10.2 Å². The molecular formula is C9H13NO4. The molecule has 1 rings (SSSR count). The average molecular weight is 199 g/mol. The van der Waals surface area contributed by atoms with Crippen LogP contribution in [0.2, 0.25) is 0 Å². The summed E-state index contributed by atoms with van der Waals surface area (Å²) in [5, 5.41) is 38.4. The molecule has 0 heterocycles. The molecule has 0 amide bonds. The molecule has 14 heavy (non-hydrogen) atoms. The maximum Gasteiger partial charge on any atom is 0.164 e. The molecule has 0 unspecified atom stereocenters. The van der Waals surface area contributed by atoms with E-state index >= 15 is 0 Å². The molecule has 0 aliphatic heterocycles. The van der Waals surface area contributed by atoms with Crippen molar-refractivity contribution in [2.24, 2.45) is 0 Å². The van der Waals surface area contributed by atoms with Gasteiger partial charge < -0.3 is 25.7 Å². The van der Waals surface area contributed by atoms with Crippen LogP contribution in [0.15, 0.2) is 18.2 Å². The van der Waals surface area contributed by atoms with Crippen molar-refractivity contribution in [3.8, 4) is 11.5 Å². The van der Waals surface area contributed by atoms with E-state index in [-0.39, 0.29) is 24.6 Å². The van der Waals surface area contributed by atoms with Crippen LogP contribution in [0, 0.1) is 0 Å². The Hall–Kier alpha value is -1.30. The number of aliphatic hydroxyl groups excluding tert-OH is 1. The molecule has 0 atom stereocenters. The lowest BCUT2D eigenvalue weighted by molar-refractivity contribution is -0.0374. The lowest BCUT2D eigenvalue weighted by Gasteiger charge is -2.09. The Morgan fingerprint density at radius 2 is 1.71 bits per heavy atom. The summed E-state index contributed by atoms with van der Waals surface area (Å²) in [5.74, 6) is -0.0464. The molecule has 0 aliphatic rings. The number of aromatic hydroxyl groups is 2. The van der Waals surface area contributed by atoms with E-state index in [1.54, 1.807) is 0 Å². The number of hydrogen-bond acceptors (Lipinski definition) is 5. The Balaban J connectivity index is 2.58. The highest BCUT2D eigenvalue weighted by molar-refractivity contribution is 5.42. The quantitative estimate of drug-likeness (QED) is 0.421. The van der Waals surface area contributed by atoms with Crippen molar-refractivity contribution in [2.75, 3.05) is 6.54 Å². The summed E-state index contributed by atoms with van der Waals surface area (Å²) >= 11 is 0. The van der Waals surface area contributed by atoms with Crippen molar-refractivity contribution < 1.29 is 20.4 Å². The number of phenols is 2. The standard InChI is InChI=1S/C9H13NO4/c11-7-2-1-3-8(12)6(7)4-10-5-9(13)14/h1-3,9-14H,4-5H2. The molecule has 0 radical (unpaired) electrons. The van der Waals surface area contributed by atoms with Crippen LogP contribution >= 0.6 is 0 Å². The fourth-order valence-electron chi connectivity index (χ4n) is 1.07. The van der Waals surface area contributed by atoms with Crippen molar-refractivity contribution in [1.29, 1.82) is 0 Å². The summed E-state index contributed by atoms with van der Waals surface area (Å²) in [6, 6.07) is 4.42. The number of phenolic OH excluding ortho intramolecular Hbond substituents is 2. The molecule has 78 valence electrons. The van der Waals surface area contributed by atoms with Gasteiger partial charge in [-0.2, -0.15) is 0 Å². The normalized spacial score (nSPS) is 10.8. The van der Waals surface area contributed by atoms with Crippen molar-refractivity contribution in [3.05, 3.63) is 23.8 Å². The van der Waals surface area contributed by atoms with Gasteiger partial charge in [-0.1, -0.05) is 6.07 Å². The molecule has 1 aromatic rings. The van der Waals surface area contributed by atoms with Crippen LogP contribution in [-0.2, 0) is 6.54 Å². The van der Waals surface area contributed by atoms with Gasteiger partial charge in [0.1, 0.15) is 11.5 Å². The van der Waals surface area contributed by atoms with Gasteiger partial charge in [-0.3, -0.25) is 0 Å². The monoisotopic (exact) mass is 199 g/mol. The van der Waals surface area contributed by atoms with Gasteiger partial charge in [0.15, 0.2) is 6.29 Å². The highest BCUT2D eigenvalue weighted by Gasteiger charge is 2.06. The van der Waals surface area contributed by atoms with Gasteiger partial charge in [0.2, 0.25) is 0 Å². The van der Waals surface area contributed by atoms with Crippen LogP contribution in [-0.4, -0.2) is 33.3 Å². The molecule has 1 aromatic carbocycles. The van der Waals surface area contributed by atoms with Crippen LogP contribution in [0.3, 0.4) is 0 Å². The second kappa shape index (κ2) is 4.80. The highest BCUT2D eigenvalue weighted by atomic mass is 16.5. The van der Waals surface area contributed by atoms with Crippen LogP contribution in [0.25, 0.3) is 0 Å². The number of rotatable bonds is 4. The molecule has 0 saturated carbocycles. The third-order valence-corrected chi connectivity index (χ3v) is 1.76. The molecule has 0 aliphatic carbocycles. The fourth-order valence-corrected chi connectivity index (χ4v) is 1.07. The zero-order valence-corrected chi connectivity index (χ0v) is 7.51. The Morgan fingerprint density at radius 1 is 1.14 bits per heavy atom. The summed E-state index contributed by atoms with van der Waals surface area (Å²) in [5.41, 5.74) is 0.341. The number of hydrogen-bond donors (Lipinski definition) is 5. The number of nitrogens with one attached hydrogen (secondary N) is 1. The lowest BCUT2D eigenvalue weighted by Crippen LogP contribution is -2.25. The summed E-state index contributed by atoms with van der Waals surface area (Å²) in [6.07, 6.45) is -1.44. The van der Waals surface area contributed by atoms with E-state index in [1.165, 1.54) is 18.2 Å². The minimum atomic E-state index is -1.44. The largest absolute Gasteiger partial charge is 0.507 e. The zero-order valence-electron chi connectivity index (χ0n) is 7.51. The topological polar surface area (TPSA) is 93.0 Å². The molecule has 0 saturated heterocycles. The summed E-state index contributed by atoms with van der Waals surface area (Å²) < 4.78 is 0. The fraction of sp³-hybridized carbons (Fsp3) is 0.333. The first-order valence-corrected chi connectivity index (χ1v) is 4.18. The maximum absolute atomic E-state index is 9.33. The van der Waals surface area contributed by atoms with Gasteiger partial charge in [-0.25, -0.2) is 0 Å². The summed E-state index contributed by atoms with van der Waals surface area (Å²) in [6.45, 7) is 0.157. The van der Waals surface area contributed by atoms with E-state index in [1.807, 2.05) is 0 Å². The van der Waals surface area contributed by atoms with Gasteiger partial charge in [-0.05, 0) is 12.1 Å². The second-order valence-corrected chi connectivity index (χ2v) is 2.89. The maximum atomic E-state index is 9.33. The molecule has 5 nitrogen and oxygen atoms in total. The minimum absolute atomic E-state index is 0.0201. The molecule has 0 bridgehead atoms. The molecule has 5 N–H and O–H groups in total. The van der Waals surface area contributed by atoms with Crippen molar-refractivity contribution >= 4 is 0 Å². The smallest absolute Gasteiger partial charge is 0.164 e. The van der Waals surface area contributed by atoms with E-state index < -0.39 is 6.29 Å². The van der Waals surface area contributed by atoms with Gasteiger partial charge in [0.25, 0.3) is 0 Å². The van der Waals surface area contributed by atoms with E-state index in [0.29, 0.717) is 5.56 Å². The number of aliphatic hydroxyl groups is 2. The molecule has 5 heteroatoms. The Kier molecular flexibility index (Phi) is 3.70. The number of benzene rings is 1. The highest BCUT2D eigenvalue weighted by Crippen LogP contribution is 2.25. The Morgan fingerprint density at radius 3 is 2.21 bits per heavy atom. The first-order chi connectivity index (χ1) is 6.61. The third-order valence-electron chi connectivity index (χ3n) is 1.76. The first-order valence-electron chi connectivity index (χ1n) is 4.18. The SMILES string of the molecule is Oc1cccc(O)c1CNCC(O)O. The van der Waals surface area contributed by atoms with E-state index in [9.17, 15) is 10.2 Å². The minimum Gasteiger partial charge on any atom is -0.507 e. The molecule has 0 spiro atoms. The van der Waals surface area contributed by atoms with Crippen LogP contribution in [0.5, 0.6) is 11.5 Å². The van der Waals surface area contributed by atoms with Crippen LogP contribution in [0.4, 0.5) is 0 Å². The molecule has 0 aromatic heterocycles. The molecule has 0 fully saturated rings. The van der Waals surface area contributed by atoms with Gasteiger partial charge in [0.05, 0.1) is 0 Å². The predicted molar refractivity (Wildman–Crippen MR) is 49.7 cm³/mol. The second-order valence-electron chi connectivity index (χ2n) is 2.89. The lowest BCUT2D eigenvalue weighted by atomic mass is 10.2. The summed E-state index contributed by atoms with van der Waals surface area (Å²) in [4.78, 5) is 0. The van der Waals surface area contributed by atoms with Crippen LogP contribution in [0.1, 0.15) is 5.56 Å². The zero-order chi connectivity index (χ0) is 10.6. The van der Waals surface area contributed by atoms with Crippen molar-refractivity contribution in [1.82, 2.24) is 5.32 Å². The van der Waals surface area contributed by atoms with Crippen LogP contribution < -0.4 is 5.32 Å². The van der Waals surface area contributed by atoms with E-state index in [0.717, 1.165) is 0 Å². The van der Waals surface area contributed by atoms with Crippen molar-refractivity contribution in [2.45, 2.75) is 12.8 Å². The van der Waals surface area contributed by atoms with E-state index in [2.05, 4.69) is 5.32 Å². The van der Waals surface area contributed by atoms with Gasteiger partial charge in [0, 0.05) is 18.7 Å². The van der Waals surface area contributed by atoms with Gasteiger partial charge >= 0.3 is 0 Å². The third kappa shape index (κ3) is 2.88. The predicted octanol–water partition coefficient (Wildman–Crippen LogP) is -0.502. The average Bonchev–Trinajstić information content (AvgIpc) is 2.09. The summed E-state index contributed by atoms with van der Waals surface area (Å²) in [7, 11) is 0. The Bertz CT molecular complexity index is 281.